The number of aryl methyl sites for hydroxylation is 1. The van der Waals surface area contributed by atoms with E-state index >= 15 is 0 Å². The van der Waals surface area contributed by atoms with Crippen LogP contribution in [-0.2, 0) is 4.79 Å². The van der Waals surface area contributed by atoms with Crippen molar-refractivity contribution in [2.75, 3.05) is 49.1 Å². The number of benzene rings is 1. The largest absolute Gasteiger partial charge is 0.355 e. The third kappa shape index (κ3) is 3.43. The molecule has 1 N–H and O–H groups in total. The van der Waals surface area contributed by atoms with Crippen LogP contribution in [0.15, 0.2) is 31.0 Å². The number of hydrogen-bond acceptors (Lipinski definition) is 7. The van der Waals surface area contributed by atoms with Crippen molar-refractivity contribution in [3.8, 4) is 17.3 Å². The van der Waals surface area contributed by atoms with Crippen LogP contribution in [0.1, 0.15) is 30.4 Å². The second-order valence-corrected chi connectivity index (χ2v) is 10.0. The van der Waals surface area contributed by atoms with Gasteiger partial charge in [-0.15, -0.1) is 0 Å². The van der Waals surface area contributed by atoms with Gasteiger partial charge < -0.3 is 14.7 Å². The van der Waals surface area contributed by atoms with Crippen LogP contribution in [0.4, 0.5) is 11.8 Å². The molecule has 9 nitrogen and oxygen atoms in total. The van der Waals surface area contributed by atoms with Crippen LogP contribution in [0, 0.1) is 23.7 Å². The third-order valence-corrected chi connectivity index (χ3v) is 7.72. The lowest BCUT2D eigenvalue weighted by molar-refractivity contribution is -0.136. The molecule has 35 heavy (non-hydrogen) atoms. The Kier molecular flexibility index (Phi) is 4.99. The van der Waals surface area contributed by atoms with Gasteiger partial charge in [0.2, 0.25) is 11.9 Å². The van der Waals surface area contributed by atoms with E-state index < -0.39 is 0 Å². The van der Waals surface area contributed by atoms with Crippen molar-refractivity contribution in [2.45, 2.75) is 26.2 Å². The lowest BCUT2D eigenvalue weighted by atomic mass is 9.79. The van der Waals surface area contributed by atoms with Crippen molar-refractivity contribution in [3.63, 3.8) is 0 Å². The van der Waals surface area contributed by atoms with Gasteiger partial charge in [0, 0.05) is 55.6 Å². The van der Waals surface area contributed by atoms with E-state index in [4.69, 9.17) is 9.97 Å². The minimum atomic E-state index is -0.0175. The normalized spacial score (nSPS) is 18.8. The first-order chi connectivity index (χ1) is 17.0. The number of nitrogens with zero attached hydrogens (tertiary/aromatic N) is 7. The van der Waals surface area contributed by atoms with Crippen molar-refractivity contribution in [3.05, 3.63) is 42.1 Å². The average molecular weight is 469 g/mol. The number of rotatable bonds is 4. The number of carbonyl (C=O) groups excluding carboxylic acids is 1. The smallest absolute Gasteiger partial charge is 0.245 e. The SMILES string of the molecule is C=CC(=O)N1CC2(CCN(c3nc(N4CCCC4)nc(-c4c(C)ccc5[nH]ncc45)c3C#N)C2)C1. The molecular formula is C26H28N8O. The maximum absolute atomic E-state index is 12.0. The van der Waals surface area contributed by atoms with Crippen LogP contribution in [0.25, 0.3) is 22.2 Å². The second kappa shape index (κ2) is 8.08. The summed E-state index contributed by atoms with van der Waals surface area (Å²) < 4.78 is 0. The molecule has 0 saturated carbocycles. The fourth-order valence-electron chi connectivity index (χ4n) is 5.87. The summed E-state index contributed by atoms with van der Waals surface area (Å²) in [4.78, 5) is 28.3. The number of hydrogen-bond donors (Lipinski definition) is 1. The van der Waals surface area contributed by atoms with Gasteiger partial charge in [0.1, 0.15) is 11.6 Å². The standard InChI is InChI=1S/C26H28N8O/c1-3-21(35)34-15-26(16-34)8-11-33(14-26)24-18(12-27)23(29-25(30-24)32-9-4-5-10-32)22-17(2)6-7-20-19(22)13-28-31-20/h3,6-7,13H,1,4-5,8-11,14-16H2,2H3,(H,28,31). The molecule has 5 heterocycles. The number of nitriles is 1. The summed E-state index contributed by atoms with van der Waals surface area (Å²) >= 11 is 0. The highest BCUT2D eigenvalue weighted by Crippen LogP contribution is 2.43. The first-order valence-corrected chi connectivity index (χ1v) is 12.2. The van der Waals surface area contributed by atoms with E-state index in [1.54, 1.807) is 6.20 Å². The van der Waals surface area contributed by atoms with Gasteiger partial charge in [-0.1, -0.05) is 12.6 Å². The molecule has 1 amide bonds. The maximum Gasteiger partial charge on any atom is 0.245 e. The summed E-state index contributed by atoms with van der Waals surface area (Å²) in [5, 5.41) is 18.6. The molecule has 1 spiro atoms. The summed E-state index contributed by atoms with van der Waals surface area (Å²) in [6.45, 7) is 10.5. The Hall–Kier alpha value is -3.93. The van der Waals surface area contributed by atoms with E-state index in [1.165, 1.54) is 6.08 Å². The highest BCUT2D eigenvalue weighted by Gasteiger charge is 2.49. The number of nitrogens with one attached hydrogen (secondary N) is 1. The van der Waals surface area contributed by atoms with E-state index in [0.29, 0.717) is 23.0 Å². The molecule has 3 saturated heterocycles. The Labute approximate surface area is 204 Å². The molecular weight excluding hydrogens is 440 g/mol. The number of fused-ring (bicyclic) bond motifs is 1. The molecule has 0 unspecified atom stereocenters. The van der Waals surface area contributed by atoms with E-state index in [9.17, 15) is 10.1 Å². The van der Waals surface area contributed by atoms with Crippen LogP contribution < -0.4 is 9.80 Å². The Bertz CT molecular complexity index is 1370. The van der Waals surface area contributed by atoms with Crippen LogP contribution in [0.5, 0.6) is 0 Å². The zero-order valence-electron chi connectivity index (χ0n) is 19.9. The van der Waals surface area contributed by atoms with Gasteiger partial charge in [-0.25, -0.2) is 4.98 Å². The van der Waals surface area contributed by atoms with Gasteiger partial charge in [-0.05, 0) is 43.9 Å². The molecule has 3 aliphatic heterocycles. The highest BCUT2D eigenvalue weighted by atomic mass is 16.2. The molecule has 9 heteroatoms. The summed E-state index contributed by atoms with van der Waals surface area (Å²) in [6, 6.07) is 6.50. The van der Waals surface area contributed by atoms with Gasteiger partial charge in [0.15, 0.2) is 5.82 Å². The third-order valence-electron chi connectivity index (χ3n) is 7.72. The maximum atomic E-state index is 12.0. The number of carbonyl (C=O) groups is 1. The van der Waals surface area contributed by atoms with Crippen LogP contribution in [-0.4, -0.2) is 70.2 Å². The van der Waals surface area contributed by atoms with Crippen molar-refractivity contribution in [1.29, 1.82) is 5.26 Å². The monoisotopic (exact) mass is 468 g/mol. The Balaban J connectivity index is 1.45. The topological polar surface area (TPSA) is 105 Å². The molecule has 3 fully saturated rings. The van der Waals surface area contributed by atoms with Gasteiger partial charge in [0.05, 0.1) is 17.4 Å². The van der Waals surface area contributed by atoms with E-state index in [2.05, 4.69) is 32.6 Å². The Morgan fingerprint density at radius 1 is 1.17 bits per heavy atom. The molecule has 1 aromatic carbocycles. The number of anilines is 2. The zero-order chi connectivity index (χ0) is 24.2. The Morgan fingerprint density at radius 2 is 1.97 bits per heavy atom. The minimum Gasteiger partial charge on any atom is -0.355 e. The number of aromatic nitrogens is 4. The minimum absolute atomic E-state index is 0.0175. The van der Waals surface area contributed by atoms with Crippen LogP contribution >= 0.6 is 0 Å². The van der Waals surface area contributed by atoms with E-state index in [1.807, 2.05) is 24.0 Å². The molecule has 6 rings (SSSR count). The van der Waals surface area contributed by atoms with Crippen molar-refractivity contribution >= 4 is 28.6 Å². The van der Waals surface area contributed by atoms with Crippen molar-refractivity contribution < 1.29 is 4.79 Å². The van der Waals surface area contributed by atoms with E-state index in [0.717, 1.165) is 80.6 Å². The molecule has 0 aliphatic carbocycles. The average Bonchev–Trinajstić information content (AvgIpc) is 3.62. The first kappa shape index (κ1) is 21.6. The van der Waals surface area contributed by atoms with Gasteiger partial charge in [-0.2, -0.15) is 15.3 Å². The Morgan fingerprint density at radius 3 is 2.71 bits per heavy atom. The quantitative estimate of drug-likeness (QED) is 0.587. The van der Waals surface area contributed by atoms with Crippen LogP contribution in [0.2, 0.25) is 0 Å². The van der Waals surface area contributed by atoms with Gasteiger partial charge >= 0.3 is 0 Å². The number of aromatic amines is 1. The van der Waals surface area contributed by atoms with Crippen molar-refractivity contribution in [2.24, 2.45) is 5.41 Å². The molecule has 178 valence electrons. The number of likely N-dealkylation sites (tertiary alicyclic amines) is 1. The van der Waals surface area contributed by atoms with Gasteiger partial charge in [-0.3, -0.25) is 9.89 Å². The molecule has 2 aromatic heterocycles. The summed E-state index contributed by atoms with van der Waals surface area (Å²) in [5.74, 6) is 1.37. The molecule has 0 radical (unpaired) electrons. The van der Waals surface area contributed by atoms with Gasteiger partial charge in [0.25, 0.3) is 0 Å². The van der Waals surface area contributed by atoms with Crippen molar-refractivity contribution in [1.82, 2.24) is 25.1 Å². The predicted octanol–water partition coefficient (Wildman–Crippen LogP) is 3.02. The lowest BCUT2D eigenvalue weighted by Crippen LogP contribution is -2.59. The molecule has 3 aliphatic rings. The van der Waals surface area contributed by atoms with E-state index in [-0.39, 0.29) is 11.3 Å². The lowest BCUT2D eigenvalue weighted by Gasteiger charge is -2.47. The van der Waals surface area contributed by atoms with Crippen LogP contribution in [0.3, 0.4) is 0 Å². The predicted molar refractivity (Wildman–Crippen MR) is 134 cm³/mol. The number of amides is 1. The molecule has 0 bridgehead atoms. The zero-order valence-corrected chi connectivity index (χ0v) is 19.9. The molecule has 3 aromatic rings. The summed E-state index contributed by atoms with van der Waals surface area (Å²) in [6.07, 6.45) is 6.38. The number of H-pyrrole nitrogens is 1. The first-order valence-electron chi connectivity index (χ1n) is 12.2. The molecule has 0 atom stereocenters. The summed E-state index contributed by atoms with van der Waals surface area (Å²) in [5.41, 5.74) is 4.10. The summed E-state index contributed by atoms with van der Waals surface area (Å²) in [7, 11) is 0. The second-order valence-electron chi connectivity index (χ2n) is 10.0. The fraction of sp³-hybridized carbons (Fsp3) is 0.423. The highest BCUT2D eigenvalue weighted by molar-refractivity contribution is 5.97. The fourth-order valence-corrected chi connectivity index (χ4v) is 5.87.